The van der Waals surface area contributed by atoms with Gasteiger partial charge in [-0.2, -0.15) is 5.10 Å². The molecule has 0 saturated heterocycles. The highest BCUT2D eigenvalue weighted by Gasteiger charge is 2.25. The van der Waals surface area contributed by atoms with E-state index in [2.05, 4.69) is 48.7 Å². The first kappa shape index (κ1) is 34.7. The van der Waals surface area contributed by atoms with Crippen LogP contribution in [0.1, 0.15) is 61.9 Å². The molecule has 10 heteroatoms. The molecule has 0 saturated carbocycles. The van der Waals surface area contributed by atoms with Crippen molar-refractivity contribution < 1.29 is 23.8 Å². The highest BCUT2D eigenvalue weighted by atomic mass is 35.5. The number of hydrogen-bond acceptors (Lipinski definition) is 6. The van der Waals surface area contributed by atoms with E-state index >= 15 is 0 Å². The molecule has 0 bridgehead atoms. The third-order valence-corrected chi connectivity index (χ3v) is 7.31. The largest absolute Gasteiger partial charge is 0.490 e. The Balaban J connectivity index is 1.64. The summed E-state index contributed by atoms with van der Waals surface area (Å²) in [6.07, 6.45) is 1.01. The van der Waals surface area contributed by atoms with E-state index < -0.39 is 24.0 Å². The van der Waals surface area contributed by atoms with Gasteiger partial charge in [-0.15, -0.1) is 0 Å². The van der Waals surface area contributed by atoms with E-state index in [0.29, 0.717) is 47.5 Å². The van der Waals surface area contributed by atoms with Crippen LogP contribution in [0.25, 0.3) is 0 Å². The summed E-state index contributed by atoms with van der Waals surface area (Å²) < 4.78 is 17.7. The summed E-state index contributed by atoms with van der Waals surface area (Å²) in [4.78, 5) is 25.9. The molecular formula is C34H41Cl2N3O5. The normalized spacial score (nSPS) is 12.6. The van der Waals surface area contributed by atoms with Crippen molar-refractivity contribution in [3.63, 3.8) is 0 Å². The zero-order valence-corrected chi connectivity index (χ0v) is 27.8. The Morgan fingerprint density at radius 1 is 0.886 bits per heavy atom. The molecule has 44 heavy (non-hydrogen) atoms. The van der Waals surface area contributed by atoms with Crippen molar-refractivity contribution in [2.24, 2.45) is 11.0 Å². The average molecular weight is 643 g/mol. The number of nitrogens with one attached hydrogen (secondary N) is 2. The first-order valence-corrected chi connectivity index (χ1v) is 15.3. The maximum atomic E-state index is 13.0. The molecular weight excluding hydrogens is 601 g/mol. The van der Waals surface area contributed by atoms with Gasteiger partial charge in [0, 0.05) is 5.02 Å². The van der Waals surface area contributed by atoms with E-state index in [1.165, 1.54) is 29.0 Å². The van der Waals surface area contributed by atoms with E-state index in [1.54, 1.807) is 25.1 Å². The van der Waals surface area contributed by atoms with Crippen molar-refractivity contribution in [3.05, 3.63) is 86.4 Å². The molecule has 0 heterocycles. The lowest BCUT2D eigenvalue weighted by Gasteiger charge is -2.22. The first-order chi connectivity index (χ1) is 20.9. The van der Waals surface area contributed by atoms with Gasteiger partial charge in [-0.05, 0) is 106 Å². The molecule has 8 nitrogen and oxygen atoms in total. The molecule has 3 rings (SSSR count). The maximum absolute atomic E-state index is 13.0. The number of ether oxygens (including phenoxy) is 3. The summed E-state index contributed by atoms with van der Waals surface area (Å²) >= 11 is 12.1. The molecule has 2 N–H and O–H groups in total. The van der Waals surface area contributed by atoms with Crippen LogP contribution in [0.15, 0.2) is 53.6 Å². The van der Waals surface area contributed by atoms with Crippen LogP contribution in [0.4, 0.5) is 0 Å². The summed E-state index contributed by atoms with van der Waals surface area (Å²) in [5.41, 5.74) is 7.97. The molecule has 0 radical (unpaired) electrons. The first-order valence-electron chi connectivity index (χ1n) is 14.6. The van der Waals surface area contributed by atoms with Gasteiger partial charge in [-0.3, -0.25) is 9.59 Å². The Hall–Kier alpha value is -3.75. The number of carbonyl (C=O) groups excluding carboxylic acids is 2. The predicted molar refractivity (Wildman–Crippen MR) is 176 cm³/mol. The lowest BCUT2D eigenvalue weighted by Crippen LogP contribution is -2.49. The Labute approximate surface area is 270 Å². The second-order valence-corrected chi connectivity index (χ2v) is 11.9. The number of halogens is 2. The average Bonchev–Trinajstić information content (AvgIpc) is 2.94. The zero-order valence-electron chi connectivity index (χ0n) is 26.3. The number of aryl methyl sites for hydroxylation is 3. The number of carbonyl (C=O) groups is 2. The van der Waals surface area contributed by atoms with Crippen LogP contribution in [0.3, 0.4) is 0 Å². The highest BCUT2D eigenvalue weighted by molar-refractivity contribution is 6.35. The highest BCUT2D eigenvalue weighted by Crippen LogP contribution is 2.30. The van der Waals surface area contributed by atoms with Gasteiger partial charge in [-0.1, -0.05) is 54.7 Å². The Morgan fingerprint density at radius 2 is 1.57 bits per heavy atom. The molecule has 0 aromatic heterocycles. The monoisotopic (exact) mass is 641 g/mol. The number of hydrogen-bond donors (Lipinski definition) is 2. The van der Waals surface area contributed by atoms with Crippen LogP contribution in [0.5, 0.6) is 17.2 Å². The zero-order chi connectivity index (χ0) is 32.4. The van der Waals surface area contributed by atoms with Gasteiger partial charge in [0.2, 0.25) is 0 Å². The standard InChI is InChI=1S/C34H41Cl2N3O5/c1-8-42-32-16-25(9-11-31(32)43-19-27-22(5)14-21(4)15-23(27)6)18-37-39-34(41)29(13-20(2)3)38-33(40)24(7)44-30-12-10-26(35)17-28(30)36/h9-12,14-18,20,24,29H,8,13,19H2,1-7H3,(H,38,40)(H,39,41)/b37-18-/t24-,29+/m1/s1. The van der Waals surface area contributed by atoms with Gasteiger partial charge >= 0.3 is 0 Å². The van der Waals surface area contributed by atoms with Crippen molar-refractivity contribution in [1.82, 2.24) is 10.7 Å². The number of rotatable bonds is 14. The minimum absolute atomic E-state index is 0.130. The molecule has 0 aliphatic rings. The SMILES string of the molecule is CCOc1cc(/C=N\NC(=O)[C@H](CC(C)C)NC(=O)[C@@H](C)Oc2ccc(Cl)cc2Cl)ccc1OCc1c(C)cc(C)cc1C. The Bertz CT molecular complexity index is 1470. The van der Waals surface area contributed by atoms with Crippen LogP contribution in [-0.2, 0) is 16.2 Å². The van der Waals surface area contributed by atoms with E-state index in [9.17, 15) is 9.59 Å². The fraction of sp³-hybridized carbons (Fsp3) is 0.382. The molecule has 236 valence electrons. The lowest BCUT2D eigenvalue weighted by atomic mass is 10.0. The third-order valence-electron chi connectivity index (χ3n) is 6.78. The number of benzene rings is 3. The van der Waals surface area contributed by atoms with Crippen LogP contribution in [0, 0.1) is 26.7 Å². The Kier molecular flexibility index (Phi) is 12.9. The second kappa shape index (κ2) is 16.4. The maximum Gasteiger partial charge on any atom is 0.262 e. The molecule has 0 aliphatic heterocycles. The number of hydrazone groups is 1. The van der Waals surface area contributed by atoms with E-state index in [1.807, 2.05) is 32.9 Å². The molecule has 0 aliphatic carbocycles. The summed E-state index contributed by atoms with van der Waals surface area (Å²) in [5.74, 6) is 0.720. The summed E-state index contributed by atoms with van der Waals surface area (Å²) in [6, 6.07) is 13.7. The topological polar surface area (TPSA) is 98.2 Å². The van der Waals surface area contributed by atoms with Gasteiger partial charge in [0.1, 0.15) is 18.4 Å². The minimum Gasteiger partial charge on any atom is -0.490 e. The van der Waals surface area contributed by atoms with Crippen molar-refractivity contribution in [1.29, 1.82) is 0 Å². The second-order valence-electron chi connectivity index (χ2n) is 11.1. The van der Waals surface area contributed by atoms with E-state index in [4.69, 9.17) is 37.4 Å². The van der Waals surface area contributed by atoms with Crippen LogP contribution < -0.4 is 25.0 Å². The fourth-order valence-electron chi connectivity index (χ4n) is 4.64. The number of amides is 2. The van der Waals surface area contributed by atoms with E-state index in [-0.39, 0.29) is 10.9 Å². The molecule has 2 amide bonds. The van der Waals surface area contributed by atoms with Gasteiger partial charge in [0.05, 0.1) is 17.8 Å². The van der Waals surface area contributed by atoms with Crippen molar-refractivity contribution in [2.75, 3.05) is 6.61 Å². The van der Waals surface area contributed by atoms with Gasteiger partial charge in [0.15, 0.2) is 17.6 Å². The van der Waals surface area contributed by atoms with Crippen molar-refractivity contribution in [2.45, 2.75) is 73.6 Å². The van der Waals surface area contributed by atoms with Crippen molar-refractivity contribution in [3.8, 4) is 17.2 Å². The molecule has 0 fully saturated rings. The molecule has 2 atom stereocenters. The quantitative estimate of drug-likeness (QED) is 0.142. The fourth-order valence-corrected chi connectivity index (χ4v) is 5.09. The predicted octanol–water partition coefficient (Wildman–Crippen LogP) is 7.34. The third kappa shape index (κ3) is 10.2. The summed E-state index contributed by atoms with van der Waals surface area (Å²) in [5, 5.41) is 7.63. The van der Waals surface area contributed by atoms with Crippen LogP contribution >= 0.6 is 23.2 Å². The molecule has 3 aromatic carbocycles. The van der Waals surface area contributed by atoms with Crippen molar-refractivity contribution >= 4 is 41.2 Å². The smallest absolute Gasteiger partial charge is 0.262 e. The summed E-state index contributed by atoms with van der Waals surface area (Å²) in [6.45, 7) is 14.5. The minimum atomic E-state index is -0.906. The molecule has 3 aromatic rings. The van der Waals surface area contributed by atoms with Crippen LogP contribution in [0.2, 0.25) is 10.0 Å². The molecule has 0 spiro atoms. The summed E-state index contributed by atoms with van der Waals surface area (Å²) in [7, 11) is 0. The number of nitrogens with zero attached hydrogens (tertiary/aromatic N) is 1. The lowest BCUT2D eigenvalue weighted by molar-refractivity contribution is -0.132. The van der Waals surface area contributed by atoms with Gasteiger partial charge in [0.25, 0.3) is 11.8 Å². The van der Waals surface area contributed by atoms with E-state index in [0.717, 1.165) is 5.56 Å². The van der Waals surface area contributed by atoms with Gasteiger partial charge < -0.3 is 19.5 Å². The Morgan fingerprint density at radius 3 is 2.20 bits per heavy atom. The molecule has 0 unspecified atom stereocenters. The van der Waals surface area contributed by atoms with Gasteiger partial charge in [-0.25, -0.2) is 5.43 Å². The van der Waals surface area contributed by atoms with Crippen LogP contribution in [-0.4, -0.2) is 36.8 Å².